The number of piperazine rings is 1. The quantitative estimate of drug-likeness (QED) is 0.337. The van der Waals surface area contributed by atoms with Crippen molar-refractivity contribution in [2.24, 2.45) is 5.41 Å². The van der Waals surface area contributed by atoms with Crippen LogP contribution >= 0.6 is 23.2 Å². The first-order chi connectivity index (χ1) is 22.8. The van der Waals surface area contributed by atoms with Gasteiger partial charge in [0.05, 0.1) is 36.9 Å². The van der Waals surface area contributed by atoms with Crippen LogP contribution in [0.2, 0.25) is 10.0 Å². The average Bonchev–Trinajstić information content (AvgIpc) is 3.35. The first-order valence-corrected chi connectivity index (χ1v) is 16.9. The van der Waals surface area contributed by atoms with Crippen LogP contribution in [0.3, 0.4) is 0 Å². The summed E-state index contributed by atoms with van der Waals surface area (Å²) >= 11 is 12.4. The van der Waals surface area contributed by atoms with Crippen LogP contribution in [0.4, 0.5) is 8.78 Å². The minimum absolute atomic E-state index is 0.0330. The van der Waals surface area contributed by atoms with Gasteiger partial charge < -0.3 is 24.6 Å². The van der Waals surface area contributed by atoms with Gasteiger partial charge in [0.15, 0.2) is 0 Å². The molecule has 2 aromatic rings. The highest BCUT2D eigenvalue weighted by Crippen LogP contribution is 2.53. The molecule has 2 aromatic carbocycles. The van der Waals surface area contributed by atoms with Crippen molar-refractivity contribution in [2.45, 2.75) is 50.6 Å². The second kappa shape index (κ2) is 16.2. The lowest BCUT2D eigenvalue weighted by Gasteiger charge is -2.39. The molecule has 0 radical (unpaired) electrons. The summed E-state index contributed by atoms with van der Waals surface area (Å²) in [5.41, 5.74) is -1.96. The molecule has 9 nitrogen and oxygen atoms in total. The summed E-state index contributed by atoms with van der Waals surface area (Å²) in [6.07, 6.45) is 0.379. The summed E-state index contributed by atoms with van der Waals surface area (Å²) < 4.78 is 42.2. The lowest BCUT2D eigenvalue weighted by Crippen LogP contribution is -2.56. The monoisotopic (exact) mass is 707 g/mol. The Bertz CT molecular complexity index is 1490. The van der Waals surface area contributed by atoms with Gasteiger partial charge in [-0.05, 0) is 35.6 Å². The molecule has 2 amide bonds. The number of rotatable bonds is 12. The summed E-state index contributed by atoms with van der Waals surface area (Å²) in [6, 6.07) is 9.14. The molecule has 2 unspecified atom stereocenters. The van der Waals surface area contributed by atoms with Crippen LogP contribution in [0.15, 0.2) is 36.4 Å². The molecule has 1 N–H and O–H groups in total. The van der Waals surface area contributed by atoms with Crippen molar-refractivity contribution in [2.75, 3.05) is 73.2 Å². The number of benzene rings is 2. The minimum Gasteiger partial charge on any atom is -0.383 e. The van der Waals surface area contributed by atoms with Crippen molar-refractivity contribution in [3.05, 3.63) is 69.2 Å². The number of halogens is 4. The van der Waals surface area contributed by atoms with E-state index in [1.165, 1.54) is 24.3 Å². The molecule has 48 heavy (non-hydrogen) atoms. The lowest BCUT2D eigenvalue weighted by molar-refractivity contribution is -0.137. The Morgan fingerprint density at radius 3 is 2.27 bits per heavy atom. The summed E-state index contributed by atoms with van der Waals surface area (Å²) in [4.78, 5) is 33.0. The number of hydrogen-bond donors (Lipinski definition) is 1. The van der Waals surface area contributed by atoms with Crippen LogP contribution < -0.4 is 5.32 Å². The van der Waals surface area contributed by atoms with E-state index in [1.807, 2.05) is 25.7 Å². The molecule has 0 aromatic heterocycles. The molecule has 0 saturated carbocycles. The standard InChI is InChI=1S/C35H45Cl2F2N5O4/c1-34(2,3)20-28-35(22-40,25-10-9-23(36)19-27(25)38)30(24-7-6-8-26(37)31(24)39)32(41-28)33(46)44-13-11-42(12-14-44)21-29(45)43(15-17-47-4)16-18-48-5/h6-10,19,28,30,32,41H,11-18,20-21H2,1-5H3/t28?,30?,32-,35+/m1/s1. The van der Waals surface area contributed by atoms with E-state index in [1.54, 1.807) is 30.1 Å². The predicted octanol–water partition coefficient (Wildman–Crippen LogP) is 4.86. The zero-order chi connectivity index (χ0) is 35.2. The maximum Gasteiger partial charge on any atom is 0.240 e. The van der Waals surface area contributed by atoms with E-state index in [0.29, 0.717) is 58.9 Å². The zero-order valence-corrected chi connectivity index (χ0v) is 29.7. The Morgan fingerprint density at radius 2 is 1.71 bits per heavy atom. The number of hydrogen-bond acceptors (Lipinski definition) is 7. The van der Waals surface area contributed by atoms with Gasteiger partial charge in [0.2, 0.25) is 11.8 Å². The third-order valence-corrected chi connectivity index (χ3v) is 9.77. The Kier molecular flexibility index (Phi) is 12.8. The molecule has 2 heterocycles. The Labute approximate surface area is 292 Å². The maximum absolute atomic E-state index is 16.0. The first kappa shape index (κ1) is 38.0. The topological polar surface area (TPSA) is 98.1 Å². The van der Waals surface area contributed by atoms with Crippen LogP contribution in [0, 0.1) is 28.4 Å². The molecule has 4 rings (SSSR count). The fraction of sp³-hybridized carbons (Fsp3) is 0.571. The molecule has 4 atom stereocenters. The maximum atomic E-state index is 16.0. The summed E-state index contributed by atoms with van der Waals surface area (Å²) in [6.45, 7) is 9.33. The molecule has 262 valence electrons. The van der Waals surface area contributed by atoms with E-state index < -0.39 is 35.1 Å². The molecule has 2 aliphatic heterocycles. The smallest absolute Gasteiger partial charge is 0.240 e. The van der Waals surface area contributed by atoms with Gasteiger partial charge in [0.25, 0.3) is 0 Å². The van der Waals surface area contributed by atoms with Gasteiger partial charge >= 0.3 is 0 Å². The number of amides is 2. The number of carbonyl (C=O) groups is 2. The summed E-state index contributed by atoms with van der Waals surface area (Å²) in [5.74, 6) is -3.01. The van der Waals surface area contributed by atoms with Gasteiger partial charge in [0, 0.05) is 76.0 Å². The average molecular weight is 709 g/mol. The number of methoxy groups -OCH3 is 2. The summed E-state index contributed by atoms with van der Waals surface area (Å²) in [5, 5.41) is 14.5. The van der Waals surface area contributed by atoms with Crippen LogP contribution in [0.5, 0.6) is 0 Å². The fourth-order valence-corrected chi connectivity index (χ4v) is 7.26. The van der Waals surface area contributed by atoms with Crippen LogP contribution in [-0.4, -0.2) is 112 Å². The third-order valence-electron chi connectivity index (χ3n) is 9.24. The van der Waals surface area contributed by atoms with E-state index in [2.05, 4.69) is 11.4 Å². The number of ether oxygens (including phenoxy) is 2. The van der Waals surface area contributed by atoms with E-state index in [0.717, 1.165) is 6.07 Å². The van der Waals surface area contributed by atoms with Gasteiger partial charge in [0.1, 0.15) is 17.0 Å². The lowest BCUT2D eigenvalue weighted by atomic mass is 9.62. The number of carbonyl (C=O) groups excluding carboxylic acids is 2. The van der Waals surface area contributed by atoms with Crippen molar-refractivity contribution < 1.29 is 27.8 Å². The van der Waals surface area contributed by atoms with E-state index >= 15 is 8.78 Å². The molecule has 2 aliphatic rings. The molecule has 0 aliphatic carbocycles. The van der Waals surface area contributed by atoms with E-state index in [4.69, 9.17) is 32.7 Å². The normalized spacial score (nSPS) is 23.2. The largest absolute Gasteiger partial charge is 0.383 e. The van der Waals surface area contributed by atoms with Gasteiger partial charge in [-0.3, -0.25) is 14.5 Å². The van der Waals surface area contributed by atoms with Crippen molar-refractivity contribution in [3.63, 3.8) is 0 Å². The van der Waals surface area contributed by atoms with Crippen molar-refractivity contribution >= 4 is 35.0 Å². The van der Waals surface area contributed by atoms with Crippen molar-refractivity contribution in [3.8, 4) is 6.07 Å². The van der Waals surface area contributed by atoms with Gasteiger partial charge in [-0.15, -0.1) is 0 Å². The molecule has 2 saturated heterocycles. The second-order valence-corrected chi connectivity index (χ2v) is 14.5. The number of nitrogens with zero attached hydrogens (tertiary/aromatic N) is 4. The molecule has 2 fully saturated rings. The zero-order valence-electron chi connectivity index (χ0n) is 28.2. The minimum atomic E-state index is -1.70. The van der Waals surface area contributed by atoms with Crippen molar-refractivity contribution in [1.29, 1.82) is 5.26 Å². The van der Waals surface area contributed by atoms with Gasteiger partial charge in [-0.1, -0.05) is 62.2 Å². The van der Waals surface area contributed by atoms with Crippen LogP contribution in [0.25, 0.3) is 0 Å². The van der Waals surface area contributed by atoms with E-state index in [9.17, 15) is 14.9 Å². The highest BCUT2D eigenvalue weighted by Gasteiger charge is 2.61. The summed E-state index contributed by atoms with van der Waals surface area (Å²) in [7, 11) is 3.16. The van der Waals surface area contributed by atoms with Gasteiger partial charge in [-0.25, -0.2) is 8.78 Å². The Balaban J connectivity index is 1.67. The van der Waals surface area contributed by atoms with Crippen molar-refractivity contribution in [1.82, 2.24) is 20.0 Å². The SMILES string of the molecule is COCCN(CCOC)C(=O)CN1CCN(C(=O)[C@@H]2NC(CC(C)(C)C)[C@](C#N)(c3ccc(Cl)cc3F)C2c2cccc(Cl)c2F)CC1. The third kappa shape index (κ3) is 8.29. The number of nitriles is 1. The Hall–Kier alpha value is -2.85. The van der Waals surface area contributed by atoms with Crippen LogP contribution in [-0.2, 0) is 24.5 Å². The number of nitrogens with one attached hydrogen (secondary N) is 1. The van der Waals surface area contributed by atoms with E-state index in [-0.39, 0.29) is 44.9 Å². The fourth-order valence-electron chi connectivity index (χ4n) is 6.92. The molecule has 13 heteroatoms. The first-order valence-electron chi connectivity index (χ1n) is 16.1. The predicted molar refractivity (Wildman–Crippen MR) is 181 cm³/mol. The molecule has 0 spiro atoms. The second-order valence-electron chi connectivity index (χ2n) is 13.7. The Morgan fingerprint density at radius 1 is 1.06 bits per heavy atom. The highest BCUT2D eigenvalue weighted by atomic mass is 35.5. The highest BCUT2D eigenvalue weighted by molar-refractivity contribution is 6.31. The van der Waals surface area contributed by atoms with Gasteiger partial charge in [-0.2, -0.15) is 5.26 Å². The molecular weight excluding hydrogens is 663 g/mol. The molecule has 0 bridgehead atoms. The van der Waals surface area contributed by atoms with Crippen LogP contribution in [0.1, 0.15) is 44.2 Å². The molecular formula is C35H45Cl2F2N5O4.